The molecule has 2 aromatic rings. The predicted octanol–water partition coefficient (Wildman–Crippen LogP) is 6.45. The van der Waals surface area contributed by atoms with E-state index in [1.807, 2.05) is 0 Å². The number of halogens is 7. The van der Waals surface area contributed by atoms with Crippen LogP contribution in [0.15, 0.2) is 46.3 Å². The van der Waals surface area contributed by atoms with Gasteiger partial charge in [-0.1, -0.05) is 12.1 Å². The Morgan fingerprint density at radius 1 is 1.00 bits per heavy atom. The number of alkyl halides is 6. The molecule has 0 saturated heterocycles. The average Bonchev–Trinajstić information content (AvgIpc) is 2.58. The zero-order valence-electron chi connectivity index (χ0n) is 15.6. The summed E-state index contributed by atoms with van der Waals surface area (Å²) in [5.74, 6) is -1.72. The highest BCUT2D eigenvalue weighted by Crippen LogP contribution is 2.34. The van der Waals surface area contributed by atoms with Crippen LogP contribution in [0.5, 0.6) is 0 Å². The van der Waals surface area contributed by atoms with Crippen LogP contribution in [0.2, 0.25) is 0 Å². The van der Waals surface area contributed by atoms with Crippen LogP contribution in [0.25, 0.3) is 0 Å². The van der Waals surface area contributed by atoms with Crippen molar-refractivity contribution in [3.8, 4) is 0 Å². The molecule has 0 fully saturated rings. The fourth-order valence-corrected chi connectivity index (χ4v) is 3.19. The summed E-state index contributed by atoms with van der Waals surface area (Å²) >= 11 is 0.513. The fourth-order valence-electron chi connectivity index (χ4n) is 2.39. The van der Waals surface area contributed by atoms with E-state index in [2.05, 4.69) is 4.99 Å². The maximum atomic E-state index is 14.4. The van der Waals surface area contributed by atoms with Crippen LogP contribution in [-0.4, -0.2) is 36.8 Å². The minimum absolute atomic E-state index is 0.160. The summed E-state index contributed by atoms with van der Waals surface area (Å²) in [6.45, 7) is 1.48. The molecule has 2 nitrogen and oxygen atoms in total. The summed E-state index contributed by atoms with van der Waals surface area (Å²) in [6, 6.07) is 6.45. The summed E-state index contributed by atoms with van der Waals surface area (Å²) < 4.78 is 90.1. The Morgan fingerprint density at radius 3 is 2.07 bits per heavy atom. The molecule has 2 rings (SSSR count). The first-order valence-corrected chi connectivity index (χ1v) is 9.20. The van der Waals surface area contributed by atoms with Crippen LogP contribution in [0.4, 0.5) is 36.4 Å². The van der Waals surface area contributed by atoms with Crippen molar-refractivity contribution < 1.29 is 30.7 Å². The number of nitrogens with zero attached hydrogens (tertiary/aromatic N) is 2. The molecule has 0 radical (unpaired) electrons. The molecule has 0 atom stereocenters. The van der Waals surface area contributed by atoms with Crippen molar-refractivity contribution in [1.82, 2.24) is 4.90 Å². The highest BCUT2D eigenvalue weighted by atomic mass is 32.2. The van der Waals surface area contributed by atoms with Gasteiger partial charge in [0, 0.05) is 24.6 Å². The predicted molar refractivity (Wildman–Crippen MR) is 99.2 cm³/mol. The minimum atomic E-state index is -4.50. The third-order valence-corrected chi connectivity index (χ3v) is 4.98. The molecule has 0 aliphatic carbocycles. The molecule has 0 amide bonds. The van der Waals surface area contributed by atoms with Crippen LogP contribution in [-0.2, 0) is 6.18 Å². The third kappa shape index (κ3) is 6.38. The largest absolute Gasteiger partial charge is 0.416 e. The van der Waals surface area contributed by atoms with Crippen LogP contribution >= 0.6 is 11.8 Å². The molecular weight excluding hydrogens is 421 g/mol. The van der Waals surface area contributed by atoms with Crippen molar-refractivity contribution in [3.63, 3.8) is 0 Å². The molecule has 0 spiro atoms. The van der Waals surface area contributed by atoms with Gasteiger partial charge >= 0.3 is 12.4 Å². The standard InChI is InChI=1S/C19H17F7N2S/c1-11-8-14(20)15(9-16(11)29-10-18(21,22)23)27-17(28(2)3)12-4-6-13(7-5-12)19(24,25)26/h4-9H,10H2,1-3H3/b27-17+. The molecule has 0 heterocycles. The van der Waals surface area contributed by atoms with Crippen molar-refractivity contribution in [2.45, 2.75) is 24.2 Å². The normalized spacial score (nSPS) is 13.0. The second kappa shape index (κ2) is 8.64. The molecule has 2 aromatic carbocycles. The average molecular weight is 438 g/mol. The Bertz CT molecular complexity index is 885. The van der Waals surface area contributed by atoms with Gasteiger partial charge in [0.2, 0.25) is 0 Å². The molecule has 29 heavy (non-hydrogen) atoms. The lowest BCUT2D eigenvalue weighted by Crippen LogP contribution is -2.23. The molecule has 0 aromatic heterocycles. The number of hydrogen-bond donors (Lipinski definition) is 0. The first kappa shape index (κ1) is 23.1. The molecule has 0 saturated carbocycles. The van der Waals surface area contributed by atoms with Crippen LogP contribution in [0.3, 0.4) is 0 Å². The monoisotopic (exact) mass is 438 g/mol. The molecule has 158 valence electrons. The van der Waals surface area contributed by atoms with Gasteiger partial charge in [-0.05, 0) is 36.8 Å². The molecular formula is C19H17F7N2S. The number of aliphatic imine (C=N–C) groups is 1. The van der Waals surface area contributed by atoms with E-state index in [9.17, 15) is 30.7 Å². The fraction of sp³-hybridized carbons (Fsp3) is 0.316. The van der Waals surface area contributed by atoms with E-state index in [1.165, 1.54) is 30.0 Å². The Hall–Kier alpha value is -2.23. The Balaban J connectivity index is 2.44. The molecule has 10 heteroatoms. The minimum Gasteiger partial charge on any atom is -0.362 e. The number of amidine groups is 1. The van der Waals surface area contributed by atoms with E-state index in [-0.39, 0.29) is 16.4 Å². The lowest BCUT2D eigenvalue weighted by atomic mass is 10.1. The van der Waals surface area contributed by atoms with E-state index < -0.39 is 29.5 Å². The van der Waals surface area contributed by atoms with Gasteiger partial charge in [0.05, 0.1) is 11.3 Å². The molecule has 0 unspecified atom stereocenters. The van der Waals surface area contributed by atoms with E-state index in [1.54, 1.807) is 14.1 Å². The number of thioether (sulfide) groups is 1. The summed E-state index contributed by atoms with van der Waals surface area (Å²) in [5.41, 5.74) is -0.417. The highest BCUT2D eigenvalue weighted by molar-refractivity contribution is 7.99. The number of benzene rings is 2. The van der Waals surface area contributed by atoms with Gasteiger partial charge in [-0.25, -0.2) is 9.38 Å². The molecule has 0 N–H and O–H groups in total. The van der Waals surface area contributed by atoms with Gasteiger partial charge in [0.15, 0.2) is 0 Å². The first-order chi connectivity index (χ1) is 13.3. The summed E-state index contributed by atoms with van der Waals surface area (Å²) in [4.78, 5) is 5.85. The Morgan fingerprint density at radius 2 is 1.59 bits per heavy atom. The van der Waals surface area contributed by atoms with Gasteiger partial charge < -0.3 is 4.90 Å². The van der Waals surface area contributed by atoms with Crippen molar-refractivity contribution in [2.24, 2.45) is 4.99 Å². The Labute approximate surface area is 167 Å². The quantitative estimate of drug-likeness (QED) is 0.236. The third-order valence-electron chi connectivity index (χ3n) is 3.76. The van der Waals surface area contributed by atoms with E-state index in [0.717, 1.165) is 18.2 Å². The van der Waals surface area contributed by atoms with Crippen LogP contribution < -0.4 is 0 Å². The zero-order valence-corrected chi connectivity index (χ0v) is 16.4. The van der Waals surface area contributed by atoms with Gasteiger partial charge in [-0.2, -0.15) is 26.3 Å². The van der Waals surface area contributed by atoms with Crippen molar-refractivity contribution >= 4 is 23.3 Å². The van der Waals surface area contributed by atoms with Crippen LogP contribution in [0.1, 0.15) is 16.7 Å². The lowest BCUT2D eigenvalue weighted by molar-refractivity contribution is -0.137. The second-order valence-corrected chi connectivity index (χ2v) is 7.40. The van der Waals surface area contributed by atoms with Crippen molar-refractivity contribution in [2.75, 3.05) is 19.8 Å². The summed E-state index contributed by atoms with van der Waals surface area (Å²) in [5, 5.41) is 0. The van der Waals surface area contributed by atoms with E-state index in [4.69, 9.17) is 0 Å². The topological polar surface area (TPSA) is 15.6 Å². The lowest BCUT2D eigenvalue weighted by Gasteiger charge is -2.17. The van der Waals surface area contributed by atoms with E-state index in [0.29, 0.717) is 22.9 Å². The van der Waals surface area contributed by atoms with Crippen molar-refractivity contribution in [3.05, 3.63) is 58.9 Å². The molecule has 0 aliphatic rings. The maximum absolute atomic E-state index is 14.4. The zero-order chi connectivity index (χ0) is 22.0. The van der Waals surface area contributed by atoms with Gasteiger partial charge in [-0.15, -0.1) is 11.8 Å². The Kier molecular flexibility index (Phi) is 6.87. The van der Waals surface area contributed by atoms with E-state index >= 15 is 0 Å². The van der Waals surface area contributed by atoms with Gasteiger partial charge in [0.25, 0.3) is 0 Å². The maximum Gasteiger partial charge on any atom is 0.416 e. The van der Waals surface area contributed by atoms with Gasteiger partial charge in [-0.3, -0.25) is 0 Å². The van der Waals surface area contributed by atoms with Crippen LogP contribution in [0, 0.1) is 12.7 Å². The second-order valence-electron chi connectivity index (χ2n) is 6.38. The first-order valence-electron chi connectivity index (χ1n) is 8.21. The SMILES string of the molecule is Cc1cc(F)c(/N=C(\c2ccc(C(F)(F)F)cc2)N(C)C)cc1SCC(F)(F)F. The molecule has 0 aliphatic heterocycles. The van der Waals surface area contributed by atoms with Gasteiger partial charge in [0.1, 0.15) is 17.3 Å². The van der Waals surface area contributed by atoms with Crippen molar-refractivity contribution in [1.29, 1.82) is 0 Å². The summed E-state index contributed by atoms with van der Waals surface area (Å²) in [6.07, 6.45) is -8.88. The highest BCUT2D eigenvalue weighted by Gasteiger charge is 2.30. The number of aryl methyl sites for hydroxylation is 1. The molecule has 0 bridgehead atoms. The number of rotatable bonds is 4. The number of hydrogen-bond acceptors (Lipinski definition) is 2. The summed E-state index contributed by atoms with van der Waals surface area (Å²) in [7, 11) is 3.14. The smallest absolute Gasteiger partial charge is 0.362 e.